The van der Waals surface area contributed by atoms with E-state index in [1.807, 2.05) is 13.0 Å². The number of hydrogen-bond donors (Lipinski definition) is 0. The molecular weight excluding hydrogens is 308 g/mol. The summed E-state index contributed by atoms with van der Waals surface area (Å²) >= 11 is 6.02. The van der Waals surface area contributed by atoms with E-state index < -0.39 is 9.84 Å². The van der Waals surface area contributed by atoms with Crippen LogP contribution in [0.15, 0.2) is 58.5 Å². The van der Waals surface area contributed by atoms with Crippen molar-refractivity contribution in [2.45, 2.75) is 16.8 Å². The molecule has 0 saturated carbocycles. The molecule has 0 atom stereocenters. The first-order valence-corrected chi connectivity index (χ1v) is 8.08. The van der Waals surface area contributed by atoms with Gasteiger partial charge >= 0.3 is 0 Å². The Hall–Kier alpha value is -1.98. The minimum absolute atomic E-state index is 0.116. The second kappa shape index (κ2) is 5.09. The fourth-order valence-electron chi connectivity index (χ4n) is 2.03. The summed E-state index contributed by atoms with van der Waals surface area (Å²) in [7, 11) is -3.79. The zero-order chi connectivity index (χ0) is 15.0. The van der Waals surface area contributed by atoms with E-state index in [4.69, 9.17) is 11.6 Å². The summed E-state index contributed by atoms with van der Waals surface area (Å²) in [6.07, 6.45) is 0. The lowest BCUT2D eigenvalue weighted by Crippen LogP contribution is -2.07. The standard InChI is InChI=1S/C15H11ClN2O2S/c1-10-5-4-6-11(9-10)21(19,20)15-14(16)17-12-7-2-3-8-13(12)18-15/h2-9H,1H3. The van der Waals surface area contributed by atoms with Crippen LogP contribution >= 0.6 is 11.6 Å². The van der Waals surface area contributed by atoms with Crippen LogP contribution in [0.1, 0.15) is 5.56 Å². The fraction of sp³-hybridized carbons (Fsp3) is 0.0667. The van der Waals surface area contributed by atoms with Gasteiger partial charge in [-0.3, -0.25) is 0 Å². The quantitative estimate of drug-likeness (QED) is 0.726. The highest BCUT2D eigenvalue weighted by Gasteiger charge is 2.24. The monoisotopic (exact) mass is 318 g/mol. The zero-order valence-electron chi connectivity index (χ0n) is 11.1. The zero-order valence-corrected chi connectivity index (χ0v) is 12.7. The van der Waals surface area contributed by atoms with Gasteiger partial charge in [0.05, 0.1) is 15.9 Å². The molecule has 0 fully saturated rings. The molecular formula is C15H11ClN2O2S. The summed E-state index contributed by atoms with van der Waals surface area (Å²) in [4.78, 5) is 8.44. The third kappa shape index (κ3) is 2.50. The Bertz CT molecular complexity index is 939. The average molecular weight is 319 g/mol. The Morgan fingerprint density at radius 2 is 1.62 bits per heavy atom. The maximum atomic E-state index is 12.7. The van der Waals surface area contributed by atoms with Gasteiger partial charge in [0.2, 0.25) is 9.84 Å². The van der Waals surface area contributed by atoms with Gasteiger partial charge in [0.25, 0.3) is 0 Å². The van der Waals surface area contributed by atoms with Crippen molar-refractivity contribution in [3.8, 4) is 0 Å². The average Bonchev–Trinajstić information content (AvgIpc) is 2.46. The van der Waals surface area contributed by atoms with Gasteiger partial charge in [-0.05, 0) is 36.8 Å². The second-order valence-electron chi connectivity index (χ2n) is 4.63. The molecule has 0 aliphatic carbocycles. The van der Waals surface area contributed by atoms with Crippen LogP contribution < -0.4 is 0 Å². The van der Waals surface area contributed by atoms with Crippen LogP contribution in [-0.2, 0) is 9.84 Å². The van der Waals surface area contributed by atoms with Crippen molar-refractivity contribution in [2.24, 2.45) is 0 Å². The summed E-state index contributed by atoms with van der Waals surface area (Å²) in [5.74, 6) is 0. The fourth-order valence-corrected chi connectivity index (χ4v) is 3.77. The van der Waals surface area contributed by atoms with E-state index in [0.29, 0.717) is 11.0 Å². The Morgan fingerprint density at radius 3 is 2.29 bits per heavy atom. The van der Waals surface area contributed by atoms with Gasteiger partial charge in [0, 0.05) is 0 Å². The molecule has 0 spiro atoms. The number of halogens is 1. The van der Waals surface area contributed by atoms with Crippen LogP contribution in [0.4, 0.5) is 0 Å². The topological polar surface area (TPSA) is 59.9 Å². The van der Waals surface area contributed by atoms with E-state index >= 15 is 0 Å². The van der Waals surface area contributed by atoms with Gasteiger partial charge < -0.3 is 0 Å². The first kappa shape index (κ1) is 14.0. The predicted molar refractivity (Wildman–Crippen MR) is 81.2 cm³/mol. The maximum absolute atomic E-state index is 12.7. The van der Waals surface area contributed by atoms with E-state index in [-0.39, 0.29) is 15.1 Å². The molecule has 106 valence electrons. The molecule has 4 nitrogen and oxygen atoms in total. The summed E-state index contributed by atoms with van der Waals surface area (Å²) in [5, 5.41) is -0.330. The normalized spacial score (nSPS) is 11.7. The summed E-state index contributed by atoms with van der Waals surface area (Å²) in [6, 6.07) is 13.6. The van der Waals surface area contributed by atoms with Crippen molar-refractivity contribution in [2.75, 3.05) is 0 Å². The van der Waals surface area contributed by atoms with E-state index in [1.165, 1.54) is 6.07 Å². The number of sulfone groups is 1. The van der Waals surface area contributed by atoms with Gasteiger partial charge in [-0.1, -0.05) is 35.9 Å². The molecule has 0 aliphatic heterocycles. The number of aryl methyl sites for hydroxylation is 1. The Morgan fingerprint density at radius 1 is 0.952 bits per heavy atom. The SMILES string of the molecule is Cc1cccc(S(=O)(=O)c2nc3ccccc3nc2Cl)c1. The first-order valence-electron chi connectivity index (χ1n) is 6.22. The number of aromatic nitrogens is 2. The van der Waals surface area contributed by atoms with E-state index in [0.717, 1.165) is 5.56 Å². The van der Waals surface area contributed by atoms with Crippen LogP contribution in [0.3, 0.4) is 0 Å². The van der Waals surface area contributed by atoms with Gasteiger partial charge in [-0.15, -0.1) is 0 Å². The molecule has 2 aromatic carbocycles. The number of fused-ring (bicyclic) bond motifs is 1. The van der Waals surface area contributed by atoms with Gasteiger partial charge in [-0.2, -0.15) is 0 Å². The number of hydrogen-bond acceptors (Lipinski definition) is 4. The molecule has 0 bridgehead atoms. The van der Waals surface area contributed by atoms with Gasteiger partial charge in [0.1, 0.15) is 0 Å². The summed E-state index contributed by atoms with van der Waals surface area (Å²) in [6.45, 7) is 1.83. The van der Waals surface area contributed by atoms with E-state index in [2.05, 4.69) is 9.97 Å². The van der Waals surface area contributed by atoms with Crippen LogP contribution in [-0.4, -0.2) is 18.4 Å². The highest BCUT2D eigenvalue weighted by Crippen LogP contribution is 2.27. The van der Waals surface area contributed by atoms with Crippen LogP contribution in [0.25, 0.3) is 11.0 Å². The number of rotatable bonds is 2. The Labute approximate surface area is 127 Å². The third-order valence-electron chi connectivity index (χ3n) is 3.05. The lowest BCUT2D eigenvalue weighted by Gasteiger charge is -2.07. The number of benzene rings is 2. The summed E-state index contributed by atoms with van der Waals surface area (Å²) < 4.78 is 25.3. The van der Waals surface area contributed by atoms with Crippen molar-refractivity contribution in [3.05, 3.63) is 59.2 Å². The molecule has 0 amide bonds. The smallest absolute Gasteiger partial charge is 0.226 e. The molecule has 6 heteroatoms. The largest absolute Gasteiger partial charge is 0.231 e. The predicted octanol–water partition coefficient (Wildman–Crippen LogP) is 3.42. The maximum Gasteiger partial charge on any atom is 0.226 e. The van der Waals surface area contributed by atoms with Crippen molar-refractivity contribution in [1.29, 1.82) is 0 Å². The summed E-state index contributed by atoms with van der Waals surface area (Å²) in [5.41, 5.74) is 1.90. The molecule has 1 aromatic heterocycles. The highest BCUT2D eigenvalue weighted by atomic mass is 35.5. The number of nitrogens with zero attached hydrogens (tertiary/aromatic N) is 2. The molecule has 0 N–H and O–H groups in total. The molecule has 0 radical (unpaired) electrons. The van der Waals surface area contributed by atoms with Crippen LogP contribution in [0.2, 0.25) is 5.15 Å². The van der Waals surface area contributed by atoms with E-state index in [1.54, 1.807) is 36.4 Å². The molecule has 3 rings (SSSR count). The number of para-hydroxylation sites is 2. The van der Waals surface area contributed by atoms with Crippen LogP contribution in [0.5, 0.6) is 0 Å². The molecule has 0 aliphatic rings. The van der Waals surface area contributed by atoms with Gasteiger partial charge in [0.15, 0.2) is 10.2 Å². The second-order valence-corrected chi connectivity index (χ2v) is 6.85. The van der Waals surface area contributed by atoms with Crippen molar-refractivity contribution in [3.63, 3.8) is 0 Å². The molecule has 0 unspecified atom stereocenters. The van der Waals surface area contributed by atoms with Crippen molar-refractivity contribution in [1.82, 2.24) is 9.97 Å². The molecule has 1 heterocycles. The highest BCUT2D eigenvalue weighted by molar-refractivity contribution is 7.91. The lowest BCUT2D eigenvalue weighted by molar-refractivity contribution is 0.592. The lowest BCUT2D eigenvalue weighted by atomic mass is 10.2. The molecule has 3 aromatic rings. The Kier molecular flexibility index (Phi) is 3.39. The minimum atomic E-state index is -3.79. The van der Waals surface area contributed by atoms with Crippen molar-refractivity contribution >= 4 is 32.5 Å². The third-order valence-corrected chi connectivity index (χ3v) is 5.10. The first-order chi connectivity index (χ1) is 9.98. The van der Waals surface area contributed by atoms with Crippen molar-refractivity contribution < 1.29 is 8.42 Å². The minimum Gasteiger partial charge on any atom is -0.231 e. The van der Waals surface area contributed by atoms with E-state index in [9.17, 15) is 8.42 Å². The molecule has 0 saturated heterocycles. The Balaban J connectivity index is 2.26. The molecule has 21 heavy (non-hydrogen) atoms. The van der Waals surface area contributed by atoms with Gasteiger partial charge in [-0.25, -0.2) is 18.4 Å². The van der Waals surface area contributed by atoms with Crippen LogP contribution in [0, 0.1) is 6.92 Å².